The molecule has 0 aliphatic rings. The van der Waals surface area contributed by atoms with Crippen LogP contribution in [0.4, 0.5) is 5.69 Å². The van der Waals surface area contributed by atoms with E-state index in [1.807, 2.05) is 12.1 Å². The molecule has 0 bridgehead atoms. The zero-order valence-corrected chi connectivity index (χ0v) is 9.03. The number of aliphatic hydroxyl groups excluding tert-OH is 1. The third-order valence-corrected chi connectivity index (χ3v) is 3.72. The van der Waals surface area contributed by atoms with E-state index in [0.29, 0.717) is 11.6 Å². The summed E-state index contributed by atoms with van der Waals surface area (Å²) in [7, 11) is 0. The minimum absolute atomic E-state index is 0.0200. The fourth-order valence-corrected chi connectivity index (χ4v) is 2.61. The molecule has 1 aromatic heterocycles. The average Bonchev–Trinajstić information content (AvgIpc) is 2.61. The lowest BCUT2D eigenvalue weighted by Crippen LogP contribution is -1.88. The van der Waals surface area contributed by atoms with Crippen molar-refractivity contribution in [3.8, 4) is 0 Å². The van der Waals surface area contributed by atoms with Gasteiger partial charge in [0.05, 0.1) is 17.2 Å². The lowest BCUT2D eigenvalue weighted by Gasteiger charge is -1.99. The molecule has 74 valence electrons. The van der Waals surface area contributed by atoms with Gasteiger partial charge in [-0.05, 0) is 29.1 Å². The molecule has 0 spiro atoms. The maximum Gasteiger partial charge on any atom is 0.0682 e. The van der Waals surface area contributed by atoms with Crippen molar-refractivity contribution in [3.05, 3.63) is 28.6 Å². The number of hydrogen-bond donors (Lipinski definition) is 2. The number of thiophene rings is 1. The molecule has 3 N–H and O–H groups in total. The van der Waals surface area contributed by atoms with Crippen molar-refractivity contribution in [1.82, 2.24) is 0 Å². The number of aliphatic hydroxyl groups is 1. The van der Waals surface area contributed by atoms with Crippen LogP contribution in [0.1, 0.15) is 10.4 Å². The molecule has 0 aliphatic heterocycles. The Morgan fingerprint density at radius 3 is 2.79 bits per heavy atom. The molecule has 2 aromatic rings. The van der Waals surface area contributed by atoms with Gasteiger partial charge in [0.15, 0.2) is 0 Å². The normalized spacial score (nSPS) is 11.0. The number of nitrogen functional groups attached to an aromatic ring is 1. The number of fused-ring (bicyclic) bond motifs is 1. The minimum Gasteiger partial charge on any atom is -0.398 e. The summed E-state index contributed by atoms with van der Waals surface area (Å²) in [4.78, 5) is 1.10. The highest BCUT2D eigenvalue weighted by molar-refractivity contribution is 7.19. The van der Waals surface area contributed by atoms with Gasteiger partial charge in [-0.2, -0.15) is 0 Å². The summed E-state index contributed by atoms with van der Waals surface area (Å²) >= 11 is 7.35. The van der Waals surface area contributed by atoms with Crippen LogP contribution in [0.3, 0.4) is 0 Å². The van der Waals surface area contributed by atoms with E-state index in [-0.39, 0.29) is 6.61 Å². The van der Waals surface area contributed by atoms with E-state index in [1.54, 1.807) is 17.4 Å². The summed E-state index contributed by atoms with van der Waals surface area (Å²) in [5.74, 6) is 0.507. The van der Waals surface area contributed by atoms with Crippen LogP contribution in [0.15, 0.2) is 18.2 Å². The Bertz CT molecular complexity index is 466. The lowest BCUT2D eigenvalue weighted by molar-refractivity contribution is 0.282. The maximum absolute atomic E-state index is 9.01. The van der Waals surface area contributed by atoms with Crippen molar-refractivity contribution >= 4 is 38.7 Å². The van der Waals surface area contributed by atoms with E-state index in [9.17, 15) is 0 Å². The molecule has 0 atom stereocenters. The van der Waals surface area contributed by atoms with Crippen LogP contribution >= 0.6 is 22.9 Å². The highest BCUT2D eigenvalue weighted by atomic mass is 35.5. The van der Waals surface area contributed by atoms with Crippen LogP contribution in [0.2, 0.25) is 0 Å². The summed E-state index contributed by atoms with van der Waals surface area (Å²) in [6, 6.07) is 5.76. The molecule has 2 rings (SSSR count). The molecule has 0 aliphatic carbocycles. The molecule has 0 saturated heterocycles. The number of nitrogens with two attached hydrogens (primary N) is 1. The molecule has 0 saturated carbocycles. The predicted octanol–water partition coefficient (Wildman–Crippen LogP) is 2.71. The lowest BCUT2D eigenvalue weighted by atomic mass is 10.1. The van der Waals surface area contributed by atoms with E-state index in [1.165, 1.54) is 0 Å². The summed E-state index contributed by atoms with van der Waals surface area (Å²) in [5, 5.41) is 10.1. The van der Waals surface area contributed by atoms with Crippen LogP contribution in [0, 0.1) is 0 Å². The topological polar surface area (TPSA) is 46.2 Å². The second kappa shape index (κ2) is 3.77. The molecular formula is C10H10ClNOS. The number of hydrogen-bond acceptors (Lipinski definition) is 3. The SMILES string of the molecule is Nc1cc(CO)cc2cc(CCl)sc12. The zero-order valence-electron chi connectivity index (χ0n) is 7.46. The van der Waals surface area contributed by atoms with E-state index in [2.05, 4.69) is 0 Å². The molecule has 2 nitrogen and oxygen atoms in total. The van der Waals surface area contributed by atoms with Gasteiger partial charge in [0.1, 0.15) is 0 Å². The molecule has 1 aromatic carbocycles. The summed E-state index contributed by atoms with van der Waals surface area (Å²) in [5.41, 5.74) is 7.41. The van der Waals surface area contributed by atoms with E-state index >= 15 is 0 Å². The highest BCUT2D eigenvalue weighted by Crippen LogP contribution is 2.32. The Morgan fingerprint density at radius 2 is 2.14 bits per heavy atom. The van der Waals surface area contributed by atoms with Gasteiger partial charge >= 0.3 is 0 Å². The van der Waals surface area contributed by atoms with Gasteiger partial charge in [0.25, 0.3) is 0 Å². The average molecular weight is 228 g/mol. The quantitative estimate of drug-likeness (QED) is 0.612. The Balaban J connectivity index is 2.67. The first-order valence-corrected chi connectivity index (χ1v) is 5.57. The Kier molecular flexibility index (Phi) is 2.63. The van der Waals surface area contributed by atoms with Crippen LogP contribution < -0.4 is 5.73 Å². The first-order valence-electron chi connectivity index (χ1n) is 4.22. The van der Waals surface area contributed by atoms with Crippen molar-refractivity contribution < 1.29 is 5.11 Å². The van der Waals surface area contributed by atoms with Crippen molar-refractivity contribution in [2.45, 2.75) is 12.5 Å². The van der Waals surface area contributed by atoms with Crippen molar-refractivity contribution in [1.29, 1.82) is 0 Å². The van der Waals surface area contributed by atoms with Crippen molar-refractivity contribution in [2.75, 3.05) is 5.73 Å². The minimum atomic E-state index is 0.0200. The largest absolute Gasteiger partial charge is 0.398 e. The van der Waals surface area contributed by atoms with Gasteiger partial charge < -0.3 is 10.8 Å². The van der Waals surface area contributed by atoms with Crippen molar-refractivity contribution in [2.24, 2.45) is 0 Å². The third kappa shape index (κ3) is 1.59. The molecule has 0 amide bonds. The maximum atomic E-state index is 9.01. The second-order valence-corrected chi connectivity index (χ2v) is 4.51. The Hall–Kier alpha value is -0.770. The molecule has 4 heteroatoms. The Morgan fingerprint density at radius 1 is 1.36 bits per heavy atom. The number of halogens is 1. The molecule has 1 heterocycles. The fraction of sp³-hybridized carbons (Fsp3) is 0.200. The second-order valence-electron chi connectivity index (χ2n) is 3.11. The van der Waals surface area contributed by atoms with Gasteiger partial charge in [-0.1, -0.05) is 0 Å². The van der Waals surface area contributed by atoms with Gasteiger partial charge in [-0.25, -0.2) is 0 Å². The monoisotopic (exact) mass is 227 g/mol. The summed E-state index contributed by atoms with van der Waals surface area (Å²) < 4.78 is 1.05. The van der Waals surface area contributed by atoms with E-state index in [0.717, 1.165) is 20.5 Å². The van der Waals surface area contributed by atoms with Crippen LogP contribution in [-0.2, 0) is 12.5 Å². The molecule has 0 unspecified atom stereocenters. The number of rotatable bonds is 2. The van der Waals surface area contributed by atoms with Crippen molar-refractivity contribution in [3.63, 3.8) is 0 Å². The molecule has 0 radical (unpaired) electrons. The van der Waals surface area contributed by atoms with E-state index in [4.69, 9.17) is 22.4 Å². The summed E-state index contributed by atoms with van der Waals surface area (Å²) in [6.45, 7) is 0.0200. The first kappa shape index (κ1) is 9.77. The third-order valence-electron chi connectivity index (χ3n) is 2.07. The standard InChI is InChI=1S/C10H10ClNOS/c11-4-8-3-7-1-6(5-13)2-9(12)10(7)14-8/h1-3,13H,4-5,12H2. The molecule has 14 heavy (non-hydrogen) atoms. The number of alkyl halides is 1. The van der Waals surface area contributed by atoms with Gasteiger partial charge in [0, 0.05) is 10.6 Å². The molecular weight excluding hydrogens is 218 g/mol. The predicted molar refractivity (Wildman–Crippen MR) is 61.7 cm³/mol. The fourth-order valence-electron chi connectivity index (χ4n) is 1.46. The van der Waals surface area contributed by atoms with Gasteiger partial charge in [-0.3, -0.25) is 0 Å². The van der Waals surface area contributed by atoms with Gasteiger partial charge in [0.2, 0.25) is 0 Å². The van der Waals surface area contributed by atoms with Crippen LogP contribution in [-0.4, -0.2) is 5.11 Å². The first-order chi connectivity index (χ1) is 6.74. The number of anilines is 1. The van der Waals surface area contributed by atoms with Crippen LogP contribution in [0.5, 0.6) is 0 Å². The number of benzene rings is 1. The summed E-state index contributed by atoms with van der Waals surface area (Å²) in [6.07, 6.45) is 0. The smallest absolute Gasteiger partial charge is 0.0682 e. The highest BCUT2D eigenvalue weighted by Gasteiger charge is 2.05. The zero-order chi connectivity index (χ0) is 10.1. The molecule has 0 fully saturated rings. The van der Waals surface area contributed by atoms with Gasteiger partial charge in [-0.15, -0.1) is 22.9 Å². The Labute approximate surface area is 90.9 Å². The van der Waals surface area contributed by atoms with E-state index < -0.39 is 0 Å². The van der Waals surface area contributed by atoms with Crippen LogP contribution in [0.25, 0.3) is 10.1 Å².